The number of hydrogen-bond acceptors (Lipinski definition) is 4. The zero-order valence-electron chi connectivity index (χ0n) is 12.7. The van der Waals surface area contributed by atoms with Crippen molar-refractivity contribution in [3.8, 4) is 0 Å². The number of nitrogens with one attached hydrogen (secondary N) is 1. The van der Waals surface area contributed by atoms with E-state index in [0.29, 0.717) is 17.7 Å². The lowest BCUT2D eigenvalue weighted by Gasteiger charge is -2.20. The van der Waals surface area contributed by atoms with Crippen molar-refractivity contribution in [2.24, 2.45) is 11.5 Å². The summed E-state index contributed by atoms with van der Waals surface area (Å²) in [6, 6.07) is 3.75. The lowest BCUT2D eigenvalue weighted by atomic mass is 9.86. The SMILES string of the molecule is NC(=O)c1ccc2[nH]cc3c2c1CC(N)C3.O=C(O)/C=C\C(=O)O. The maximum absolute atomic E-state index is 11.4. The van der Waals surface area contributed by atoms with Gasteiger partial charge in [0, 0.05) is 40.9 Å². The summed E-state index contributed by atoms with van der Waals surface area (Å²) in [4.78, 5) is 33.7. The Bertz CT molecular complexity index is 822. The molecular formula is C16H17N3O5. The third-order valence-corrected chi connectivity index (χ3v) is 3.62. The van der Waals surface area contributed by atoms with Gasteiger partial charge < -0.3 is 26.7 Å². The Balaban J connectivity index is 0.000000224. The summed E-state index contributed by atoms with van der Waals surface area (Å²) in [5.74, 6) is -2.89. The molecule has 126 valence electrons. The van der Waals surface area contributed by atoms with Gasteiger partial charge in [-0.2, -0.15) is 0 Å². The van der Waals surface area contributed by atoms with E-state index in [-0.39, 0.29) is 11.9 Å². The Kier molecular flexibility index (Phi) is 5.00. The van der Waals surface area contributed by atoms with Crippen molar-refractivity contribution in [1.29, 1.82) is 0 Å². The zero-order valence-corrected chi connectivity index (χ0v) is 12.7. The number of primary amides is 1. The lowest BCUT2D eigenvalue weighted by molar-refractivity contribution is -0.134. The second kappa shape index (κ2) is 6.97. The van der Waals surface area contributed by atoms with Gasteiger partial charge in [0.05, 0.1) is 0 Å². The zero-order chi connectivity index (χ0) is 17.9. The third kappa shape index (κ3) is 3.79. The highest BCUT2D eigenvalue weighted by molar-refractivity contribution is 6.01. The molecular weight excluding hydrogens is 314 g/mol. The van der Waals surface area contributed by atoms with Crippen LogP contribution >= 0.6 is 0 Å². The largest absolute Gasteiger partial charge is 0.478 e. The van der Waals surface area contributed by atoms with E-state index < -0.39 is 11.9 Å². The smallest absolute Gasteiger partial charge is 0.328 e. The predicted molar refractivity (Wildman–Crippen MR) is 86.6 cm³/mol. The number of H-pyrrole nitrogens is 1. The molecule has 1 aromatic carbocycles. The van der Waals surface area contributed by atoms with E-state index in [2.05, 4.69) is 4.98 Å². The van der Waals surface area contributed by atoms with E-state index >= 15 is 0 Å². The van der Waals surface area contributed by atoms with Crippen LogP contribution in [0.3, 0.4) is 0 Å². The number of carboxylic acids is 2. The van der Waals surface area contributed by atoms with Crippen LogP contribution in [-0.4, -0.2) is 39.1 Å². The summed E-state index contributed by atoms with van der Waals surface area (Å²) < 4.78 is 0. The number of aliphatic carboxylic acids is 2. The minimum atomic E-state index is -1.26. The van der Waals surface area contributed by atoms with Gasteiger partial charge in [-0.15, -0.1) is 0 Å². The van der Waals surface area contributed by atoms with E-state index in [1.165, 1.54) is 5.56 Å². The Morgan fingerprint density at radius 1 is 1.12 bits per heavy atom. The maximum Gasteiger partial charge on any atom is 0.328 e. The first kappa shape index (κ1) is 17.2. The second-order valence-corrected chi connectivity index (χ2v) is 5.37. The van der Waals surface area contributed by atoms with Crippen molar-refractivity contribution < 1.29 is 24.6 Å². The first-order valence-electron chi connectivity index (χ1n) is 7.10. The van der Waals surface area contributed by atoms with Crippen LogP contribution in [0.4, 0.5) is 0 Å². The highest BCUT2D eigenvalue weighted by Crippen LogP contribution is 2.31. The first-order valence-corrected chi connectivity index (χ1v) is 7.10. The van der Waals surface area contributed by atoms with Crippen LogP contribution in [0.25, 0.3) is 10.9 Å². The van der Waals surface area contributed by atoms with E-state index in [1.807, 2.05) is 12.3 Å². The molecule has 24 heavy (non-hydrogen) atoms. The molecule has 7 N–H and O–H groups in total. The van der Waals surface area contributed by atoms with Crippen LogP contribution in [0.1, 0.15) is 21.5 Å². The molecule has 1 atom stereocenters. The van der Waals surface area contributed by atoms with Crippen molar-refractivity contribution in [1.82, 2.24) is 4.98 Å². The van der Waals surface area contributed by atoms with Gasteiger partial charge >= 0.3 is 11.9 Å². The molecule has 1 heterocycles. The number of amides is 1. The molecule has 0 saturated heterocycles. The van der Waals surface area contributed by atoms with Gasteiger partial charge in [-0.3, -0.25) is 4.79 Å². The van der Waals surface area contributed by atoms with Crippen LogP contribution in [0, 0.1) is 0 Å². The molecule has 0 radical (unpaired) electrons. The number of hydrogen-bond donors (Lipinski definition) is 5. The summed E-state index contributed by atoms with van der Waals surface area (Å²) in [6.45, 7) is 0. The number of aromatic amines is 1. The van der Waals surface area contributed by atoms with Gasteiger partial charge in [0.25, 0.3) is 0 Å². The number of carbonyl (C=O) groups is 3. The molecule has 0 spiro atoms. The molecule has 2 aromatic rings. The molecule has 3 rings (SSSR count). The molecule has 1 aromatic heterocycles. The normalized spacial score (nSPS) is 15.8. The van der Waals surface area contributed by atoms with Gasteiger partial charge in [-0.05, 0) is 36.1 Å². The topological polar surface area (TPSA) is 160 Å². The van der Waals surface area contributed by atoms with Crippen LogP contribution in [-0.2, 0) is 22.4 Å². The summed E-state index contributed by atoms with van der Waals surface area (Å²) in [6.07, 6.45) is 4.66. The standard InChI is InChI=1S/C12H13N3O.C4H4O4/c13-7-3-6-5-15-10-2-1-8(12(14)16)9(4-7)11(6)10;5-3(6)1-2-4(7)8/h1-2,5,7,15H,3-4,13H2,(H2,14,16);1-2H,(H,5,6)(H,7,8)/b;2-1-. The highest BCUT2D eigenvalue weighted by Gasteiger charge is 2.23. The molecule has 8 nitrogen and oxygen atoms in total. The van der Waals surface area contributed by atoms with Gasteiger partial charge in [0.15, 0.2) is 0 Å². The third-order valence-electron chi connectivity index (χ3n) is 3.62. The van der Waals surface area contributed by atoms with Gasteiger partial charge in [-0.1, -0.05) is 0 Å². The van der Waals surface area contributed by atoms with Crippen molar-refractivity contribution >= 4 is 28.7 Å². The van der Waals surface area contributed by atoms with Gasteiger partial charge in [0.1, 0.15) is 0 Å². The fourth-order valence-corrected chi connectivity index (χ4v) is 2.74. The highest BCUT2D eigenvalue weighted by atomic mass is 16.4. The van der Waals surface area contributed by atoms with E-state index in [0.717, 1.165) is 29.3 Å². The molecule has 1 aliphatic rings. The minimum absolute atomic E-state index is 0.0759. The molecule has 0 fully saturated rings. The number of rotatable bonds is 3. The lowest BCUT2D eigenvalue weighted by Crippen LogP contribution is -2.30. The summed E-state index contributed by atoms with van der Waals surface area (Å²) >= 11 is 0. The predicted octanol–water partition coefficient (Wildman–Crippen LogP) is 0.404. The van der Waals surface area contributed by atoms with E-state index in [9.17, 15) is 14.4 Å². The van der Waals surface area contributed by atoms with E-state index in [1.54, 1.807) is 6.07 Å². The van der Waals surface area contributed by atoms with Crippen LogP contribution < -0.4 is 11.5 Å². The van der Waals surface area contributed by atoms with Crippen molar-refractivity contribution in [2.75, 3.05) is 0 Å². The maximum atomic E-state index is 11.4. The number of carboxylic acid groups (broad SMARTS) is 2. The Morgan fingerprint density at radius 3 is 2.29 bits per heavy atom. The van der Waals surface area contributed by atoms with Gasteiger partial charge in [-0.25, -0.2) is 9.59 Å². The van der Waals surface area contributed by atoms with Crippen molar-refractivity contribution in [3.63, 3.8) is 0 Å². The first-order chi connectivity index (χ1) is 11.3. The second-order valence-electron chi connectivity index (χ2n) is 5.37. The van der Waals surface area contributed by atoms with E-state index in [4.69, 9.17) is 21.7 Å². The molecule has 1 aliphatic carbocycles. The monoisotopic (exact) mass is 331 g/mol. The fourth-order valence-electron chi connectivity index (χ4n) is 2.74. The molecule has 1 amide bonds. The summed E-state index contributed by atoms with van der Waals surface area (Å²) in [5.41, 5.74) is 15.2. The van der Waals surface area contributed by atoms with Crippen LogP contribution in [0.5, 0.6) is 0 Å². The molecule has 1 unspecified atom stereocenters. The van der Waals surface area contributed by atoms with Crippen molar-refractivity contribution in [3.05, 3.63) is 47.2 Å². The average Bonchev–Trinajstić information content (AvgIpc) is 2.90. The molecule has 0 saturated carbocycles. The molecule has 8 heteroatoms. The Morgan fingerprint density at radius 2 is 1.75 bits per heavy atom. The minimum Gasteiger partial charge on any atom is -0.478 e. The van der Waals surface area contributed by atoms with Gasteiger partial charge in [0.2, 0.25) is 5.91 Å². The van der Waals surface area contributed by atoms with Crippen molar-refractivity contribution in [2.45, 2.75) is 18.9 Å². The average molecular weight is 331 g/mol. The quantitative estimate of drug-likeness (QED) is 0.512. The Labute approximate surface area is 136 Å². The van der Waals surface area contributed by atoms with Crippen LogP contribution in [0.2, 0.25) is 0 Å². The number of aromatic nitrogens is 1. The number of nitrogens with two attached hydrogens (primary N) is 2. The molecule has 0 aliphatic heterocycles. The molecule has 0 bridgehead atoms. The Hall–Kier alpha value is -3.13. The summed E-state index contributed by atoms with van der Waals surface area (Å²) in [7, 11) is 0. The number of benzene rings is 1. The number of carbonyl (C=O) groups excluding carboxylic acids is 1. The fraction of sp³-hybridized carbons (Fsp3) is 0.188. The van der Waals surface area contributed by atoms with Crippen LogP contribution in [0.15, 0.2) is 30.5 Å². The summed E-state index contributed by atoms with van der Waals surface area (Å²) in [5, 5.41) is 16.8.